The number of rotatable bonds is 3. The largest absolute Gasteiger partial charge is 0.416 e. The fourth-order valence-corrected chi connectivity index (χ4v) is 4.00. The molecule has 1 heterocycles. The topological polar surface area (TPSA) is 52.0 Å². The van der Waals surface area contributed by atoms with Gasteiger partial charge in [0.1, 0.15) is 4.60 Å². The number of hydrogen-bond donors (Lipinski definition) is 0. The van der Waals surface area contributed by atoms with Crippen molar-refractivity contribution in [3.8, 4) is 5.69 Å². The van der Waals surface area contributed by atoms with E-state index < -0.39 is 53.4 Å². The van der Waals surface area contributed by atoms with E-state index in [1.165, 1.54) is 0 Å². The molecule has 14 heteroatoms. The van der Waals surface area contributed by atoms with E-state index in [9.17, 15) is 30.4 Å². The molecular formula is C11H3BrCl3F5N2O2S. The van der Waals surface area contributed by atoms with Crippen molar-refractivity contribution in [2.24, 2.45) is 0 Å². The monoisotopic (exact) mass is 506 g/mol. The minimum Gasteiger partial charge on any atom is -0.273 e. The molecule has 0 amide bonds. The molecule has 25 heavy (non-hydrogen) atoms. The zero-order chi connectivity index (χ0) is 19.3. The van der Waals surface area contributed by atoms with E-state index in [0.29, 0.717) is 16.7 Å². The van der Waals surface area contributed by atoms with Crippen LogP contribution in [0, 0.1) is 0 Å². The third-order valence-corrected chi connectivity index (χ3v) is 5.86. The Labute approximate surface area is 160 Å². The minimum absolute atomic E-state index is 0.336. The lowest BCUT2D eigenvalue weighted by Gasteiger charge is -2.15. The highest BCUT2D eigenvalue weighted by Gasteiger charge is 2.37. The predicted molar refractivity (Wildman–Crippen MR) is 84.5 cm³/mol. The summed E-state index contributed by atoms with van der Waals surface area (Å²) in [6.45, 7) is 0. The summed E-state index contributed by atoms with van der Waals surface area (Å²) in [6, 6.07) is 0.920. The van der Waals surface area contributed by atoms with Crippen molar-refractivity contribution in [2.45, 2.75) is 17.1 Å². The van der Waals surface area contributed by atoms with E-state index in [4.69, 9.17) is 34.8 Å². The van der Waals surface area contributed by atoms with Gasteiger partial charge in [0.05, 0.1) is 21.3 Å². The van der Waals surface area contributed by atoms with Crippen LogP contribution in [0.1, 0.15) is 5.56 Å². The lowest BCUT2D eigenvalue weighted by Crippen LogP contribution is -2.17. The van der Waals surface area contributed by atoms with Crippen molar-refractivity contribution in [1.29, 1.82) is 0 Å². The maximum atomic E-state index is 12.8. The van der Waals surface area contributed by atoms with Crippen molar-refractivity contribution in [2.75, 3.05) is 0 Å². The Balaban J connectivity index is 2.85. The van der Waals surface area contributed by atoms with Gasteiger partial charge in [0.15, 0.2) is 5.15 Å². The van der Waals surface area contributed by atoms with Gasteiger partial charge in [-0.05, 0) is 28.1 Å². The quantitative estimate of drug-likeness (QED) is 0.507. The number of halogens is 9. The summed E-state index contributed by atoms with van der Waals surface area (Å²) in [7, 11) is -5.26. The van der Waals surface area contributed by atoms with Crippen LogP contribution in [0.15, 0.2) is 21.9 Å². The average molecular weight is 508 g/mol. The van der Waals surface area contributed by atoms with Crippen LogP contribution in [0.2, 0.25) is 15.2 Å². The number of benzene rings is 1. The van der Waals surface area contributed by atoms with Gasteiger partial charge in [0.2, 0.25) is 5.16 Å². The zero-order valence-electron chi connectivity index (χ0n) is 11.3. The second kappa shape index (κ2) is 6.84. The fourth-order valence-electron chi connectivity index (χ4n) is 1.76. The molecule has 0 bridgehead atoms. The maximum absolute atomic E-state index is 12.8. The molecule has 0 aliphatic rings. The van der Waals surface area contributed by atoms with Crippen molar-refractivity contribution in [3.05, 3.63) is 37.5 Å². The molecule has 138 valence electrons. The van der Waals surface area contributed by atoms with Crippen LogP contribution >= 0.6 is 50.7 Å². The molecule has 0 spiro atoms. The van der Waals surface area contributed by atoms with Crippen molar-refractivity contribution >= 4 is 60.6 Å². The number of imidazole rings is 1. The van der Waals surface area contributed by atoms with Gasteiger partial charge in [-0.15, -0.1) is 0 Å². The first-order chi connectivity index (χ1) is 11.3. The molecule has 0 aliphatic heterocycles. The summed E-state index contributed by atoms with van der Waals surface area (Å²) in [5.41, 5.74) is -1.73. The normalized spacial score (nSPS) is 12.9. The Bertz CT molecular complexity index is 923. The Kier molecular flexibility index (Phi) is 5.66. The van der Waals surface area contributed by atoms with Gasteiger partial charge < -0.3 is 0 Å². The van der Waals surface area contributed by atoms with E-state index in [-0.39, 0.29) is 4.60 Å². The summed E-state index contributed by atoms with van der Waals surface area (Å²) in [5.74, 6) is -3.86. The molecule has 1 aromatic carbocycles. The summed E-state index contributed by atoms with van der Waals surface area (Å²) in [5, 5.41) is -3.07. The van der Waals surface area contributed by atoms with Crippen LogP contribution in [0.5, 0.6) is 0 Å². The Morgan fingerprint density at radius 3 is 2.00 bits per heavy atom. The Morgan fingerprint density at radius 2 is 1.60 bits per heavy atom. The standard InChI is InChI=1S/C11H3BrCl3F5N2O2S/c12-7-8(15)21-10(25(23,24)9(16)17)22(7)6-4(13)1-3(2-5(6)14)11(18,19)20/h1-2,9H. The van der Waals surface area contributed by atoms with Gasteiger partial charge in [-0.2, -0.15) is 22.0 Å². The summed E-state index contributed by atoms with van der Waals surface area (Å²) in [4.78, 5) is 3.31. The molecule has 2 rings (SSSR count). The Morgan fingerprint density at radius 1 is 1.12 bits per heavy atom. The Hall–Kier alpha value is -0.620. The molecule has 1 aromatic heterocycles. The van der Waals surface area contributed by atoms with Crippen molar-refractivity contribution in [1.82, 2.24) is 9.55 Å². The SMILES string of the molecule is O=S(=O)(c1nc(Cl)c(Br)n1-c1c(Cl)cc(C(F)(F)F)cc1Cl)C(F)F. The van der Waals surface area contributed by atoms with Gasteiger partial charge >= 0.3 is 11.9 Å². The number of nitrogens with zero attached hydrogens (tertiary/aromatic N) is 2. The van der Waals surface area contributed by atoms with Crippen LogP contribution in [-0.2, 0) is 16.0 Å². The maximum Gasteiger partial charge on any atom is 0.416 e. The first-order valence-corrected chi connectivity index (χ1v) is 9.28. The molecule has 2 aromatic rings. The second-order valence-corrected chi connectivity index (χ2v) is 8.14. The molecule has 0 saturated heterocycles. The van der Waals surface area contributed by atoms with E-state index in [1.807, 2.05) is 0 Å². The molecule has 0 atom stereocenters. The highest BCUT2D eigenvalue weighted by atomic mass is 79.9. The van der Waals surface area contributed by atoms with E-state index >= 15 is 0 Å². The fraction of sp³-hybridized carbons (Fsp3) is 0.182. The molecule has 0 fully saturated rings. The lowest BCUT2D eigenvalue weighted by atomic mass is 10.2. The van der Waals surface area contributed by atoms with Gasteiger partial charge in [-0.3, -0.25) is 4.57 Å². The summed E-state index contributed by atoms with van der Waals surface area (Å²) in [6.07, 6.45) is -4.78. The molecule has 4 nitrogen and oxygen atoms in total. The molecule has 0 radical (unpaired) electrons. The highest BCUT2D eigenvalue weighted by Crippen LogP contribution is 2.41. The molecule has 0 unspecified atom stereocenters. The first-order valence-electron chi connectivity index (χ1n) is 5.81. The third kappa shape index (κ3) is 3.75. The van der Waals surface area contributed by atoms with E-state index in [1.54, 1.807) is 0 Å². The van der Waals surface area contributed by atoms with Crippen molar-refractivity contribution in [3.63, 3.8) is 0 Å². The average Bonchev–Trinajstić information content (AvgIpc) is 2.74. The first kappa shape index (κ1) is 20.7. The number of alkyl halides is 5. The van der Waals surface area contributed by atoms with Crippen LogP contribution in [0.3, 0.4) is 0 Å². The van der Waals surface area contributed by atoms with Crippen LogP contribution < -0.4 is 0 Å². The number of hydrogen-bond acceptors (Lipinski definition) is 3. The molecule has 0 saturated carbocycles. The smallest absolute Gasteiger partial charge is 0.273 e. The van der Waals surface area contributed by atoms with E-state index in [2.05, 4.69) is 20.9 Å². The van der Waals surface area contributed by atoms with Crippen LogP contribution in [-0.4, -0.2) is 23.7 Å². The highest BCUT2D eigenvalue weighted by molar-refractivity contribution is 9.10. The minimum atomic E-state index is -5.26. The van der Waals surface area contributed by atoms with Gasteiger partial charge in [-0.25, -0.2) is 13.4 Å². The predicted octanol–water partition coefficient (Wildman–Crippen LogP) is 5.61. The number of sulfone groups is 1. The zero-order valence-corrected chi connectivity index (χ0v) is 15.9. The lowest BCUT2D eigenvalue weighted by molar-refractivity contribution is -0.137. The van der Waals surface area contributed by atoms with Gasteiger partial charge in [-0.1, -0.05) is 34.8 Å². The molecule has 0 N–H and O–H groups in total. The van der Waals surface area contributed by atoms with Gasteiger partial charge in [0, 0.05) is 0 Å². The third-order valence-electron chi connectivity index (χ3n) is 2.81. The number of aromatic nitrogens is 2. The molecular weight excluding hydrogens is 505 g/mol. The second-order valence-electron chi connectivity index (χ2n) is 4.40. The van der Waals surface area contributed by atoms with Crippen molar-refractivity contribution < 1.29 is 30.4 Å². The van der Waals surface area contributed by atoms with Gasteiger partial charge in [0.25, 0.3) is 9.84 Å². The van der Waals surface area contributed by atoms with E-state index in [0.717, 1.165) is 0 Å². The van der Waals surface area contributed by atoms with Crippen LogP contribution in [0.25, 0.3) is 5.69 Å². The summed E-state index contributed by atoms with van der Waals surface area (Å²) < 4.78 is 87.7. The molecule has 0 aliphatic carbocycles. The summed E-state index contributed by atoms with van der Waals surface area (Å²) >= 11 is 20.0. The van der Waals surface area contributed by atoms with Crippen LogP contribution in [0.4, 0.5) is 22.0 Å².